The SMILES string of the molecule is NC(N)=NCCNC(=O)c1cc(-c2ccccc2)nc2ccccc12. The Bertz CT molecular complexity index is 918. The highest BCUT2D eigenvalue weighted by molar-refractivity contribution is 6.07. The number of amides is 1. The van der Waals surface area contributed by atoms with E-state index >= 15 is 0 Å². The summed E-state index contributed by atoms with van der Waals surface area (Å²) in [6, 6.07) is 19.2. The minimum atomic E-state index is -0.179. The number of aliphatic imine (C=N–C) groups is 1. The highest BCUT2D eigenvalue weighted by atomic mass is 16.1. The molecule has 3 rings (SSSR count). The lowest BCUT2D eigenvalue weighted by molar-refractivity contribution is 0.0956. The Labute approximate surface area is 145 Å². The average Bonchev–Trinajstić information content (AvgIpc) is 2.64. The molecule has 6 heteroatoms. The zero-order valence-electron chi connectivity index (χ0n) is 13.6. The van der Waals surface area contributed by atoms with E-state index in [9.17, 15) is 4.79 Å². The van der Waals surface area contributed by atoms with Crippen LogP contribution in [-0.4, -0.2) is 29.9 Å². The van der Waals surface area contributed by atoms with Crippen LogP contribution in [-0.2, 0) is 0 Å². The fourth-order valence-electron chi connectivity index (χ4n) is 2.57. The summed E-state index contributed by atoms with van der Waals surface area (Å²) in [6.45, 7) is 0.691. The number of carbonyl (C=O) groups is 1. The molecular weight excluding hydrogens is 314 g/mol. The van der Waals surface area contributed by atoms with Crippen molar-refractivity contribution in [3.8, 4) is 11.3 Å². The maximum Gasteiger partial charge on any atom is 0.252 e. The molecule has 0 radical (unpaired) electrons. The van der Waals surface area contributed by atoms with E-state index in [0.717, 1.165) is 22.2 Å². The van der Waals surface area contributed by atoms with E-state index in [1.807, 2.05) is 60.7 Å². The molecule has 0 saturated heterocycles. The van der Waals surface area contributed by atoms with Gasteiger partial charge < -0.3 is 16.8 Å². The summed E-state index contributed by atoms with van der Waals surface area (Å²) in [5.74, 6) is -0.170. The van der Waals surface area contributed by atoms with Crippen LogP contribution in [0.3, 0.4) is 0 Å². The predicted octanol–water partition coefficient (Wildman–Crippen LogP) is 1.91. The van der Waals surface area contributed by atoms with Crippen LogP contribution in [0.2, 0.25) is 0 Å². The quantitative estimate of drug-likeness (QED) is 0.376. The van der Waals surface area contributed by atoms with Crippen LogP contribution < -0.4 is 16.8 Å². The van der Waals surface area contributed by atoms with Gasteiger partial charge >= 0.3 is 0 Å². The number of aromatic nitrogens is 1. The lowest BCUT2D eigenvalue weighted by atomic mass is 10.0. The Kier molecular flexibility index (Phi) is 4.89. The predicted molar refractivity (Wildman–Crippen MR) is 100 cm³/mol. The first-order valence-corrected chi connectivity index (χ1v) is 7.94. The zero-order valence-corrected chi connectivity index (χ0v) is 13.6. The van der Waals surface area contributed by atoms with Crippen LogP contribution in [0, 0.1) is 0 Å². The molecule has 3 aromatic rings. The molecule has 0 aliphatic rings. The Morgan fingerprint density at radius 2 is 1.76 bits per heavy atom. The molecule has 5 N–H and O–H groups in total. The van der Waals surface area contributed by atoms with Crippen molar-refractivity contribution in [3.63, 3.8) is 0 Å². The van der Waals surface area contributed by atoms with Gasteiger partial charge in [0.05, 0.1) is 23.3 Å². The van der Waals surface area contributed by atoms with Gasteiger partial charge in [-0.2, -0.15) is 0 Å². The molecule has 0 atom stereocenters. The molecule has 1 amide bonds. The number of nitrogens with zero attached hydrogens (tertiary/aromatic N) is 2. The molecule has 1 aromatic heterocycles. The Hall–Kier alpha value is -3.41. The van der Waals surface area contributed by atoms with Gasteiger partial charge in [-0.1, -0.05) is 48.5 Å². The Balaban J connectivity index is 1.95. The highest BCUT2D eigenvalue weighted by Crippen LogP contribution is 2.24. The van der Waals surface area contributed by atoms with Crippen LogP contribution in [0.15, 0.2) is 65.7 Å². The molecule has 0 unspecified atom stereocenters. The van der Waals surface area contributed by atoms with Gasteiger partial charge in [-0.3, -0.25) is 9.79 Å². The third kappa shape index (κ3) is 3.92. The largest absolute Gasteiger partial charge is 0.370 e. The molecule has 25 heavy (non-hydrogen) atoms. The molecule has 126 valence electrons. The summed E-state index contributed by atoms with van der Waals surface area (Å²) < 4.78 is 0. The maximum absolute atomic E-state index is 12.6. The molecule has 2 aromatic carbocycles. The summed E-state index contributed by atoms with van der Waals surface area (Å²) in [5, 5.41) is 3.65. The molecule has 6 nitrogen and oxygen atoms in total. The minimum Gasteiger partial charge on any atom is -0.370 e. The van der Waals surface area contributed by atoms with Crippen molar-refractivity contribution in [3.05, 3.63) is 66.2 Å². The van der Waals surface area contributed by atoms with Gasteiger partial charge in [0, 0.05) is 17.5 Å². The normalized spacial score (nSPS) is 10.4. The number of hydrogen-bond acceptors (Lipinski definition) is 3. The topological polar surface area (TPSA) is 106 Å². The van der Waals surface area contributed by atoms with Gasteiger partial charge in [-0.05, 0) is 12.1 Å². The minimum absolute atomic E-state index is 0.00923. The second-order valence-electron chi connectivity index (χ2n) is 5.50. The van der Waals surface area contributed by atoms with Crippen molar-refractivity contribution in [2.75, 3.05) is 13.1 Å². The number of benzene rings is 2. The molecule has 0 fully saturated rings. The van der Waals surface area contributed by atoms with Crippen molar-refractivity contribution in [1.82, 2.24) is 10.3 Å². The van der Waals surface area contributed by atoms with Crippen LogP contribution in [0.25, 0.3) is 22.2 Å². The Morgan fingerprint density at radius 1 is 1.04 bits per heavy atom. The molecule has 0 aliphatic carbocycles. The smallest absolute Gasteiger partial charge is 0.252 e. The van der Waals surface area contributed by atoms with Gasteiger partial charge in [0.25, 0.3) is 5.91 Å². The third-order valence-corrected chi connectivity index (χ3v) is 3.72. The molecule has 0 aliphatic heterocycles. The van der Waals surface area contributed by atoms with Gasteiger partial charge in [0.15, 0.2) is 5.96 Å². The lowest BCUT2D eigenvalue weighted by Gasteiger charge is -2.10. The van der Waals surface area contributed by atoms with Crippen LogP contribution in [0.4, 0.5) is 0 Å². The Morgan fingerprint density at radius 3 is 2.52 bits per heavy atom. The summed E-state index contributed by atoms with van der Waals surface area (Å²) in [7, 11) is 0. The monoisotopic (exact) mass is 333 g/mol. The fraction of sp³-hybridized carbons (Fsp3) is 0.105. The van der Waals surface area contributed by atoms with E-state index in [1.165, 1.54) is 0 Å². The summed E-state index contributed by atoms with van der Waals surface area (Å²) in [5.41, 5.74) is 13.6. The van der Waals surface area contributed by atoms with Crippen LogP contribution >= 0.6 is 0 Å². The first kappa shape index (κ1) is 16.4. The van der Waals surface area contributed by atoms with Crippen molar-refractivity contribution in [1.29, 1.82) is 0 Å². The highest BCUT2D eigenvalue weighted by Gasteiger charge is 2.13. The first-order chi connectivity index (χ1) is 12.1. The maximum atomic E-state index is 12.6. The van der Waals surface area contributed by atoms with Crippen molar-refractivity contribution in [2.24, 2.45) is 16.5 Å². The van der Waals surface area contributed by atoms with Gasteiger partial charge in [0.1, 0.15) is 0 Å². The first-order valence-electron chi connectivity index (χ1n) is 7.94. The number of pyridine rings is 1. The van der Waals surface area contributed by atoms with Crippen molar-refractivity contribution >= 4 is 22.8 Å². The summed E-state index contributed by atoms with van der Waals surface area (Å²) in [4.78, 5) is 21.2. The second-order valence-corrected chi connectivity index (χ2v) is 5.50. The average molecular weight is 333 g/mol. The van der Waals surface area contributed by atoms with Crippen molar-refractivity contribution in [2.45, 2.75) is 0 Å². The van der Waals surface area contributed by atoms with E-state index in [-0.39, 0.29) is 11.9 Å². The number of rotatable bonds is 5. The van der Waals surface area contributed by atoms with E-state index < -0.39 is 0 Å². The van der Waals surface area contributed by atoms with E-state index in [1.54, 1.807) is 0 Å². The molecule has 0 spiro atoms. The molecular formula is C19H19N5O. The fourth-order valence-corrected chi connectivity index (χ4v) is 2.57. The number of guanidine groups is 1. The number of hydrogen-bond donors (Lipinski definition) is 3. The van der Waals surface area contributed by atoms with Crippen LogP contribution in [0.5, 0.6) is 0 Å². The number of nitrogens with two attached hydrogens (primary N) is 2. The third-order valence-electron chi connectivity index (χ3n) is 3.72. The molecule has 1 heterocycles. The van der Waals surface area contributed by atoms with Gasteiger partial charge in [-0.25, -0.2) is 4.98 Å². The molecule has 0 saturated carbocycles. The van der Waals surface area contributed by atoms with E-state index in [2.05, 4.69) is 15.3 Å². The number of para-hydroxylation sites is 1. The summed E-state index contributed by atoms with van der Waals surface area (Å²) in [6.07, 6.45) is 0. The second kappa shape index (κ2) is 7.44. The van der Waals surface area contributed by atoms with E-state index in [0.29, 0.717) is 18.7 Å². The van der Waals surface area contributed by atoms with Crippen LogP contribution in [0.1, 0.15) is 10.4 Å². The summed E-state index contributed by atoms with van der Waals surface area (Å²) >= 11 is 0. The number of nitrogens with one attached hydrogen (secondary N) is 1. The standard InChI is InChI=1S/C19H19N5O/c20-19(21)23-11-10-22-18(25)15-12-17(13-6-2-1-3-7-13)24-16-9-5-4-8-14(15)16/h1-9,12H,10-11H2,(H,22,25)(H4,20,21,23). The number of fused-ring (bicyclic) bond motifs is 1. The van der Waals surface area contributed by atoms with Gasteiger partial charge in [0.2, 0.25) is 0 Å². The number of carbonyl (C=O) groups excluding carboxylic acids is 1. The van der Waals surface area contributed by atoms with Gasteiger partial charge in [-0.15, -0.1) is 0 Å². The lowest BCUT2D eigenvalue weighted by Crippen LogP contribution is -2.29. The zero-order chi connectivity index (χ0) is 17.6. The van der Waals surface area contributed by atoms with E-state index in [4.69, 9.17) is 11.5 Å². The molecule has 0 bridgehead atoms. The van der Waals surface area contributed by atoms with Crippen molar-refractivity contribution < 1.29 is 4.79 Å².